The van der Waals surface area contributed by atoms with E-state index in [1.807, 2.05) is 67.6 Å². The van der Waals surface area contributed by atoms with Gasteiger partial charge in [0, 0.05) is 4.47 Å². The lowest BCUT2D eigenvalue weighted by Crippen LogP contribution is -2.28. The maximum absolute atomic E-state index is 13.1. The summed E-state index contributed by atoms with van der Waals surface area (Å²) in [5, 5.41) is 9.10. The van der Waals surface area contributed by atoms with Gasteiger partial charge in [-0.15, -0.1) is 5.10 Å². The van der Waals surface area contributed by atoms with Gasteiger partial charge in [-0.1, -0.05) is 52.3 Å². The average Bonchev–Trinajstić information content (AvgIpc) is 3.34. The second kappa shape index (κ2) is 9.28. The maximum Gasteiger partial charge on any atom is 0.267 e. The van der Waals surface area contributed by atoms with E-state index in [2.05, 4.69) is 26.1 Å². The molecule has 1 fully saturated rings. The normalized spacial score (nSPS) is 17.0. The van der Waals surface area contributed by atoms with Crippen molar-refractivity contribution in [3.63, 3.8) is 0 Å². The summed E-state index contributed by atoms with van der Waals surface area (Å²) in [6, 6.07) is 19.4. The molecule has 1 saturated heterocycles. The smallest absolute Gasteiger partial charge is 0.267 e. The molecule has 2 heterocycles. The lowest BCUT2D eigenvalue weighted by Gasteiger charge is -2.12. The summed E-state index contributed by atoms with van der Waals surface area (Å²) in [5.41, 5.74) is 3.03. The summed E-state index contributed by atoms with van der Waals surface area (Å²) in [4.78, 5) is 15.2. The second-order valence-electron chi connectivity index (χ2n) is 6.62. The number of nitrogens with zero attached hydrogens (tertiary/aromatic N) is 3. The van der Waals surface area contributed by atoms with Crippen molar-refractivity contribution in [2.24, 2.45) is 10.2 Å². The molecule has 3 aromatic rings. The molecule has 1 amide bonds. The highest BCUT2D eigenvalue weighted by Gasteiger charge is 2.34. The average molecular weight is 480 g/mol. The van der Waals surface area contributed by atoms with Crippen molar-refractivity contribution in [2.45, 2.75) is 13.5 Å². The van der Waals surface area contributed by atoms with E-state index < -0.39 is 0 Å². The first-order valence-electron chi connectivity index (χ1n) is 9.26. The van der Waals surface area contributed by atoms with E-state index in [0.29, 0.717) is 22.4 Å². The van der Waals surface area contributed by atoms with Crippen molar-refractivity contribution in [2.75, 3.05) is 0 Å². The molecule has 5 nitrogen and oxygen atoms in total. The van der Waals surface area contributed by atoms with E-state index in [1.165, 1.54) is 11.8 Å². The Kier molecular flexibility index (Phi) is 6.30. The quantitative estimate of drug-likeness (QED) is 0.261. The number of halogens is 1. The number of thioether (sulfide) groups is 1. The lowest BCUT2D eigenvalue weighted by atomic mass is 10.1. The van der Waals surface area contributed by atoms with Gasteiger partial charge in [-0.3, -0.25) is 9.69 Å². The molecule has 0 spiro atoms. The van der Waals surface area contributed by atoms with Gasteiger partial charge in [0.25, 0.3) is 5.91 Å². The van der Waals surface area contributed by atoms with Crippen LogP contribution in [0.1, 0.15) is 22.5 Å². The third-order valence-electron chi connectivity index (χ3n) is 4.46. The molecule has 1 aliphatic heterocycles. The predicted molar refractivity (Wildman–Crippen MR) is 125 cm³/mol. The van der Waals surface area contributed by atoms with E-state index in [0.717, 1.165) is 21.2 Å². The van der Waals surface area contributed by atoms with Crippen LogP contribution in [0.25, 0.3) is 6.08 Å². The molecule has 0 N–H and O–H groups in total. The van der Waals surface area contributed by atoms with Crippen LogP contribution < -0.4 is 0 Å². The van der Waals surface area contributed by atoms with Crippen molar-refractivity contribution in [1.82, 2.24) is 4.90 Å². The SMILES string of the molecule is Cc1ccccc1/C=N/N=C1\S/C(=C\c2cccc(Br)c2)C(=O)N1Cc1ccco1. The van der Waals surface area contributed by atoms with Crippen LogP contribution in [0.2, 0.25) is 0 Å². The van der Waals surface area contributed by atoms with E-state index in [1.54, 1.807) is 23.4 Å². The van der Waals surface area contributed by atoms with E-state index in [4.69, 9.17) is 4.42 Å². The van der Waals surface area contributed by atoms with Crippen molar-refractivity contribution < 1.29 is 9.21 Å². The van der Waals surface area contributed by atoms with Crippen LogP contribution in [0.4, 0.5) is 0 Å². The fourth-order valence-corrected chi connectivity index (χ4v) is 4.25. The Balaban J connectivity index is 1.64. The number of amidine groups is 1. The summed E-state index contributed by atoms with van der Waals surface area (Å²) >= 11 is 4.77. The Labute approximate surface area is 187 Å². The van der Waals surface area contributed by atoms with E-state index in [9.17, 15) is 4.79 Å². The van der Waals surface area contributed by atoms with Gasteiger partial charge in [0.05, 0.1) is 23.9 Å². The predicted octanol–water partition coefficient (Wildman–Crippen LogP) is 5.86. The molecule has 1 aliphatic rings. The second-order valence-corrected chi connectivity index (χ2v) is 8.54. The van der Waals surface area contributed by atoms with Gasteiger partial charge in [-0.05, 0) is 65.7 Å². The Morgan fingerprint density at radius 1 is 1.13 bits per heavy atom. The van der Waals surface area contributed by atoms with Gasteiger partial charge in [0.1, 0.15) is 5.76 Å². The highest BCUT2D eigenvalue weighted by Crippen LogP contribution is 2.34. The Morgan fingerprint density at radius 2 is 2.00 bits per heavy atom. The largest absolute Gasteiger partial charge is 0.467 e. The van der Waals surface area contributed by atoms with Crippen molar-refractivity contribution >= 4 is 51.1 Å². The minimum absolute atomic E-state index is 0.124. The molecule has 150 valence electrons. The molecule has 0 unspecified atom stereocenters. The summed E-state index contributed by atoms with van der Waals surface area (Å²) in [6.45, 7) is 2.32. The molecule has 0 radical (unpaired) electrons. The summed E-state index contributed by atoms with van der Waals surface area (Å²) in [5.74, 6) is 0.560. The van der Waals surface area contributed by atoms with Crippen molar-refractivity contribution in [1.29, 1.82) is 0 Å². The third kappa shape index (κ3) is 4.80. The van der Waals surface area contributed by atoms with Crippen molar-refractivity contribution in [3.05, 3.63) is 98.8 Å². The number of carbonyl (C=O) groups excluding carboxylic acids is 1. The zero-order valence-corrected chi connectivity index (χ0v) is 18.6. The van der Waals surface area contributed by atoms with Gasteiger partial charge in [-0.2, -0.15) is 5.10 Å². The maximum atomic E-state index is 13.1. The summed E-state index contributed by atoms with van der Waals surface area (Å²) in [6.07, 6.45) is 5.16. The number of carbonyl (C=O) groups is 1. The van der Waals surface area contributed by atoms with Crippen LogP contribution in [-0.4, -0.2) is 22.2 Å². The Hall–Kier alpha value is -2.90. The first-order valence-corrected chi connectivity index (χ1v) is 10.9. The van der Waals surface area contributed by atoms with Crippen LogP contribution in [0.5, 0.6) is 0 Å². The third-order valence-corrected chi connectivity index (χ3v) is 5.95. The zero-order valence-electron chi connectivity index (χ0n) is 16.2. The molecular formula is C23H18BrN3O2S. The number of hydrogen-bond donors (Lipinski definition) is 0. The number of furan rings is 1. The zero-order chi connectivity index (χ0) is 20.9. The highest BCUT2D eigenvalue weighted by molar-refractivity contribution is 9.10. The Bertz CT molecular complexity index is 1150. The summed E-state index contributed by atoms with van der Waals surface area (Å²) in [7, 11) is 0. The van der Waals surface area contributed by atoms with E-state index >= 15 is 0 Å². The molecule has 2 aromatic carbocycles. The minimum Gasteiger partial charge on any atom is -0.467 e. The molecule has 7 heteroatoms. The lowest BCUT2D eigenvalue weighted by molar-refractivity contribution is -0.122. The molecule has 0 saturated carbocycles. The summed E-state index contributed by atoms with van der Waals surface area (Å²) < 4.78 is 6.38. The topological polar surface area (TPSA) is 58.2 Å². The number of amides is 1. The minimum atomic E-state index is -0.124. The standard InChI is InChI=1S/C23H18BrN3O2S/c1-16-6-2-3-8-18(16)14-25-26-23-27(15-20-10-5-11-29-20)22(28)21(30-23)13-17-7-4-9-19(24)12-17/h2-14H,15H2,1H3/b21-13-,25-14+,26-23-. The fraction of sp³-hybridized carbons (Fsp3) is 0.0870. The number of benzene rings is 2. The van der Waals surface area contributed by atoms with Gasteiger partial charge in [-0.25, -0.2) is 0 Å². The molecule has 30 heavy (non-hydrogen) atoms. The van der Waals surface area contributed by atoms with Gasteiger partial charge < -0.3 is 4.42 Å². The first-order chi connectivity index (χ1) is 14.6. The molecule has 4 rings (SSSR count). The van der Waals surface area contributed by atoms with Gasteiger partial charge >= 0.3 is 0 Å². The van der Waals surface area contributed by atoms with Crippen LogP contribution in [0.3, 0.4) is 0 Å². The van der Waals surface area contributed by atoms with Crippen LogP contribution in [0, 0.1) is 6.92 Å². The van der Waals surface area contributed by atoms with Gasteiger partial charge in [0.2, 0.25) is 0 Å². The molecule has 0 atom stereocenters. The van der Waals surface area contributed by atoms with E-state index in [-0.39, 0.29) is 5.91 Å². The first kappa shape index (κ1) is 20.4. The van der Waals surface area contributed by atoms with Crippen molar-refractivity contribution in [3.8, 4) is 0 Å². The highest BCUT2D eigenvalue weighted by atomic mass is 79.9. The number of aryl methyl sites for hydroxylation is 1. The monoisotopic (exact) mass is 479 g/mol. The Morgan fingerprint density at radius 3 is 2.77 bits per heavy atom. The number of rotatable bonds is 5. The van der Waals surface area contributed by atoms with Crippen LogP contribution in [0.15, 0.2) is 90.9 Å². The molecular weight excluding hydrogens is 462 g/mol. The molecule has 1 aromatic heterocycles. The number of hydrogen-bond acceptors (Lipinski definition) is 5. The van der Waals surface area contributed by atoms with Gasteiger partial charge in [0.15, 0.2) is 5.17 Å². The fourth-order valence-electron chi connectivity index (χ4n) is 2.90. The molecule has 0 bridgehead atoms. The van der Waals surface area contributed by atoms with Crippen LogP contribution >= 0.6 is 27.7 Å². The van der Waals surface area contributed by atoms with Crippen LogP contribution in [-0.2, 0) is 11.3 Å². The molecule has 0 aliphatic carbocycles.